The van der Waals surface area contributed by atoms with Gasteiger partial charge in [-0.25, -0.2) is 0 Å². The fourth-order valence-electron chi connectivity index (χ4n) is 3.17. The van der Waals surface area contributed by atoms with Crippen molar-refractivity contribution in [2.75, 3.05) is 0 Å². The molecule has 92 valence electrons. The zero-order valence-electron chi connectivity index (χ0n) is 10.4. The highest BCUT2D eigenvalue weighted by Gasteiger charge is 2.43. The summed E-state index contributed by atoms with van der Waals surface area (Å²) in [5, 5.41) is 0. The highest BCUT2D eigenvalue weighted by molar-refractivity contribution is 5.97. The Bertz CT molecular complexity index is 525. The van der Waals surface area contributed by atoms with Gasteiger partial charge >= 0.3 is 0 Å². The van der Waals surface area contributed by atoms with Crippen LogP contribution < -0.4 is 0 Å². The van der Waals surface area contributed by atoms with Crippen LogP contribution in [0, 0.1) is 18.8 Å². The van der Waals surface area contributed by atoms with Crippen LogP contribution in [0.5, 0.6) is 0 Å². The number of hydrogen-bond donors (Lipinski definition) is 0. The molecule has 2 aliphatic rings. The van der Waals surface area contributed by atoms with Gasteiger partial charge in [-0.3, -0.25) is 9.59 Å². The third-order valence-electron chi connectivity index (χ3n) is 4.19. The molecule has 2 heteroatoms. The molecule has 1 aromatic rings. The lowest BCUT2D eigenvalue weighted by Gasteiger charge is -2.23. The maximum absolute atomic E-state index is 12.0. The molecule has 0 aromatic heterocycles. The summed E-state index contributed by atoms with van der Waals surface area (Å²) in [6.07, 6.45) is 4.59. The van der Waals surface area contributed by atoms with Crippen molar-refractivity contribution >= 4 is 11.6 Å². The van der Waals surface area contributed by atoms with Crippen molar-refractivity contribution in [2.45, 2.75) is 25.7 Å². The summed E-state index contributed by atoms with van der Waals surface area (Å²) < 4.78 is 0. The van der Waals surface area contributed by atoms with E-state index in [0.29, 0.717) is 12.8 Å². The van der Waals surface area contributed by atoms with Crippen LogP contribution in [0.15, 0.2) is 36.4 Å². The number of rotatable bonds is 1. The van der Waals surface area contributed by atoms with E-state index in [1.165, 1.54) is 11.1 Å². The highest BCUT2D eigenvalue weighted by Crippen LogP contribution is 2.45. The minimum absolute atomic E-state index is 0.0752. The summed E-state index contributed by atoms with van der Waals surface area (Å²) in [6.45, 7) is 2.06. The molecule has 0 saturated heterocycles. The van der Waals surface area contributed by atoms with Gasteiger partial charge in [-0.2, -0.15) is 0 Å². The van der Waals surface area contributed by atoms with Crippen molar-refractivity contribution in [1.29, 1.82) is 0 Å². The van der Waals surface area contributed by atoms with E-state index in [-0.39, 0.29) is 29.3 Å². The molecule has 1 saturated carbocycles. The number of carbonyl (C=O) groups is 2. The molecule has 0 bridgehead atoms. The topological polar surface area (TPSA) is 34.1 Å². The van der Waals surface area contributed by atoms with E-state index in [2.05, 4.69) is 31.2 Å². The molecule has 2 nitrogen and oxygen atoms in total. The van der Waals surface area contributed by atoms with Gasteiger partial charge in [0.05, 0.1) is 0 Å². The van der Waals surface area contributed by atoms with Gasteiger partial charge in [0.1, 0.15) is 5.78 Å². The van der Waals surface area contributed by atoms with Crippen molar-refractivity contribution in [3.63, 3.8) is 0 Å². The first-order valence-electron chi connectivity index (χ1n) is 6.45. The molecule has 0 amide bonds. The van der Waals surface area contributed by atoms with Crippen LogP contribution in [-0.2, 0) is 9.59 Å². The number of aryl methyl sites for hydroxylation is 1. The van der Waals surface area contributed by atoms with Crippen molar-refractivity contribution in [3.8, 4) is 0 Å². The van der Waals surface area contributed by atoms with Crippen molar-refractivity contribution in [2.24, 2.45) is 11.8 Å². The first kappa shape index (κ1) is 11.4. The summed E-state index contributed by atoms with van der Waals surface area (Å²) in [6, 6.07) is 8.40. The van der Waals surface area contributed by atoms with Crippen LogP contribution in [0.25, 0.3) is 0 Å². The second-order valence-electron chi connectivity index (χ2n) is 5.40. The van der Waals surface area contributed by atoms with Gasteiger partial charge in [-0.15, -0.1) is 0 Å². The Morgan fingerprint density at radius 1 is 1.00 bits per heavy atom. The van der Waals surface area contributed by atoms with Crippen molar-refractivity contribution in [3.05, 3.63) is 47.5 Å². The molecule has 2 aliphatic carbocycles. The largest absolute Gasteiger partial charge is 0.299 e. The zero-order valence-corrected chi connectivity index (χ0v) is 10.4. The standard InChI is InChI=1S/C16H16O2/c1-10-2-4-11(5-3-10)14-9-16(18)15-8-12(17)6-7-13(14)15/h2-7,13-15H,8-9H2,1H3/t13-,14-,15-/m1/s1. The Hall–Kier alpha value is -1.70. The molecule has 1 aromatic carbocycles. The minimum Gasteiger partial charge on any atom is -0.299 e. The van der Waals surface area contributed by atoms with Gasteiger partial charge < -0.3 is 0 Å². The van der Waals surface area contributed by atoms with Gasteiger partial charge in [-0.05, 0) is 30.4 Å². The quantitative estimate of drug-likeness (QED) is 0.756. The number of benzene rings is 1. The first-order valence-corrected chi connectivity index (χ1v) is 6.45. The summed E-state index contributed by atoms with van der Waals surface area (Å²) in [5.41, 5.74) is 2.45. The second-order valence-corrected chi connectivity index (χ2v) is 5.40. The van der Waals surface area contributed by atoms with E-state index in [1.54, 1.807) is 6.08 Å². The van der Waals surface area contributed by atoms with E-state index in [0.717, 1.165) is 0 Å². The molecular weight excluding hydrogens is 224 g/mol. The van der Waals surface area contributed by atoms with Crippen molar-refractivity contribution in [1.82, 2.24) is 0 Å². The molecule has 0 radical (unpaired) electrons. The molecule has 0 spiro atoms. The average molecular weight is 240 g/mol. The predicted molar refractivity (Wildman–Crippen MR) is 69.3 cm³/mol. The van der Waals surface area contributed by atoms with Gasteiger partial charge in [0, 0.05) is 18.8 Å². The van der Waals surface area contributed by atoms with E-state index < -0.39 is 0 Å². The monoisotopic (exact) mass is 240 g/mol. The summed E-state index contributed by atoms with van der Waals surface area (Å²) in [7, 11) is 0. The fourth-order valence-corrected chi connectivity index (χ4v) is 3.17. The third kappa shape index (κ3) is 1.82. The third-order valence-corrected chi connectivity index (χ3v) is 4.19. The molecule has 3 rings (SSSR count). The second kappa shape index (κ2) is 4.20. The normalized spacial score (nSPS) is 30.6. The SMILES string of the molecule is Cc1ccc([C@H]2CC(=O)[C@@H]3CC(=O)C=C[C@H]23)cc1. The number of allylic oxidation sites excluding steroid dienone is 2. The molecular formula is C16H16O2. The van der Waals surface area contributed by atoms with Gasteiger partial charge in [0.25, 0.3) is 0 Å². The Balaban J connectivity index is 1.94. The van der Waals surface area contributed by atoms with Crippen LogP contribution in [-0.4, -0.2) is 11.6 Å². The molecule has 0 heterocycles. The zero-order chi connectivity index (χ0) is 12.7. The average Bonchev–Trinajstić information content (AvgIpc) is 2.68. The maximum atomic E-state index is 12.0. The fraction of sp³-hybridized carbons (Fsp3) is 0.375. The maximum Gasteiger partial charge on any atom is 0.156 e. The molecule has 3 atom stereocenters. The van der Waals surface area contributed by atoms with Gasteiger partial charge in [-0.1, -0.05) is 35.9 Å². The van der Waals surface area contributed by atoms with Gasteiger partial charge in [0.2, 0.25) is 0 Å². The van der Waals surface area contributed by atoms with Crippen LogP contribution in [0.4, 0.5) is 0 Å². The molecule has 1 fully saturated rings. The Morgan fingerprint density at radius 2 is 1.72 bits per heavy atom. The van der Waals surface area contributed by atoms with E-state index in [4.69, 9.17) is 0 Å². The van der Waals surface area contributed by atoms with Crippen LogP contribution in [0.1, 0.15) is 29.9 Å². The van der Waals surface area contributed by atoms with E-state index in [9.17, 15) is 9.59 Å². The Kier molecular flexibility index (Phi) is 2.66. The van der Waals surface area contributed by atoms with Crippen LogP contribution >= 0.6 is 0 Å². The summed E-state index contributed by atoms with van der Waals surface area (Å²) >= 11 is 0. The summed E-state index contributed by atoms with van der Waals surface area (Å²) in [4.78, 5) is 23.4. The number of Topliss-reactive ketones (excluding diaryl/α,β-unsaturated/α-hetero) is 1. The van der Waals surface area contributed by atoms with Crippen molar-refractivity contribution < 1.29 is 9.59 Å². The summed E-state index contributed by atoms with van der Waals surface area (Å²) in [5.74, 6) is 0.747. The highest BCUT2D eigenvalue weighted by atomic mass is 16.1. The minimum atomic E-state index is -0.0752. The number of ketones is 2. The number of carbonyl (C=O) groups excluding carboxylic acids is 2. The first-order chi connectivity index (χ1) is 8.65. The number of hydrogen-bond acceptors (Lipinski definition) is 2. The smallest absolute Gasteiger partial charge is 0.156 e. The van der Waals surface area contributed by atoms with E-state index in [1.807, 2.05) is 6.08 Å². The predicted octanol–water partition coefficient (Wildman–Crippen LogP) is 2.81. The van der Waals surface area contributed by atoms with Crippen LogP contribution in [0.2, 0.25) is 0 Å². The van der Waals surface area contributed by atoms with Gasteiger partial charge in [0.15, 0.2) is 5.78 Å². The lowest BCUT2D eigenvalue weighted by atomic mass is 9.79. The number of fused-ring (bicyclic) bond motifs is 1. The molecule has 18 heavy (non-hydrogen) atoms. The molecule has 0 N–H and O–H groups in total. The Labute approximate surface area is 107 Å². The van der Waals surface area contributed by atoms with Crippen LogP contribution in [0.3, 0.4) is 0 Å². The lowest BCUT2D eigenvalue weighted by Crippen LogP contribution is -2.22. The lowest BCUT2D eigenvalue weighted by molar-refractivity contribution is -0.125. The Morgan fingerprint density at radius 3 is 2.44 bits per heavy atom. The molecule has 0 unspecified atom stereocenters. The van der Waals surface area contributed by atoms with E-state index >= 15 is 0 Å². The molecule has 0 aliphatic heterocycles.